The molecule has 2 heterocycles. The maximum absolute atomic E-state index is 12.6. The van der Waals surface area contributed by atoms with Crippen LogP contribution in [0.4, 0.5) is 5.69 Å². The van der Waals surface area contributed by atoms with Gasteiger partial charge in [0.05, 0.1) is 18.4 Å². The predicted molar refractivity (Wildman–Crippen MR) is 101 cm³/mol. The number of hydrogen-bond acceptors (Lipinski definition) is 4. The van der Waals surface area contributed by atoms with Crippen molar-refractivity contribution in [2.24, 2.45) is 0 Å². The number of benzene rings is 2. The van der Waals surface area contributed by atoms with Gasteiger partial charge in [-0.1, -0.05) is 41.6 Å². The van der Waals surface area contributed by atoms with Crippen LogP contribution >= 0.6 is 0 Å². The molecule has 2 amide bonds. The molecule has 27 heavy (non-hydrogen) atoms. The normalized spacial score (nSPS) is 13.1. The van der Waals surface area contributed by atoms with Gasteiger partial charge in [-0.2, -0.15) is 0 Å². The second kappa shape index (κ2) is 7.41. The fraction of sp³-hybridized carbons (Fsp3) is 0.200. The van der Waals surface area contributed by atoms with Crippen LogP contribution in [-0.2, 0) is 11.2 Å². The van der Waals surface area contributed by atoms with Gasteiger partial charge in [-0.25, -0.2) is 4.68 Å². The second-order valence-electron chi connectivity index (χ2n) is 6.34. The van der Waals surface area contributed by atoms with Crippen molar-refractivity contribution in [3.05, 3.63) is 72.1 Å². The van der Waals surface area contributed by atoms with Gasteiger partial charge in [-0.3, -0.25) is 9.59 Å². The quantitative estimate of drug-likeness (QED) is 0.771. The van der Waals surface area contributed by atoms with Crippen molar-refractivity contribution in [2.45, 2.75) is 12.8 Å². The summed E-state index contributed by atoms with van der Waals surface area (Å²) in [5.41, 5.74) is 3.07. The molecule has 0 unspecified atom stereocenters. The average Bonchev–Trinajstić information content (AvgIpc) is 3.22. The number of para-hydroxylation sites is 2. The minimum atomic E-state index is -0.421. The van der Waals surface area contributed by atoms with E-state index in [9.17, 15) is 9.59 Å². The summed E-state index contributed by atoms with van der Waals surface area (Å²) in [5, 5.41) is 10.5. The van der Waals surface area contributed by atoms with E-state index in [0.717, 1.165) is 29.8 Å². The summed E-state index contributed by atoms with van der Waals surface area (Å²) in [7, 11) is 0. The molecule has 0 radical (unpaired) electrons. The Balaban J connectivity index is 1.40. The first-order valence-corrected chi connectivity index (χ1v) is 8.86. The van der Waals surface area contributed by atoms with Crippen molar-refractivity contribution >= 4 is 17.5 Å². The third-order valence-electron chi connectivity index (χ3n) is 4.56. The van der Waals surface area contributed by atoms with Crippen LogP contribution in [0.2, 0.25) is 0 Å². The highest BCUT2D eigenvalue weighted by atomic mass is 16.2. The van der Waals surface area contributed by atoms with Crippen molar-refractivity contribution in [2.75, 3.05) is 18.0 Å². The van der Waals surface area contributed by atoms with Gasteiger partial charge in [-0.15, -0.1) is 5.10 Å². The predicted octanol–water partition coefficient (Wildman–Crippen LogP) is 1.98. The summed E-state index contributed by atoms with van der Waals surface area (Å²) in [6.07, 6.45) is 3.43. The van der Waals surface area contributed by atoms with Gasteiger partial charge in [0.25, 0.3) is 5.91 Å². The Morgan fingerprint density at radius 2 is 1.81 bits per heavy atom. The summed E-state index contributed by atoms with van der Waals surface area (Å²) in [6.45, 7) is 0.585. The van der Waals surface area contributed by atoms with Crippen LogP contribution in [-0.4, -0.2) is 39.9 Å². The van der Waals surface area contributed by atoms with Crippen molar-refractivity contribution in [3.63, 3.8) is 0 Å². The van der Waals surface area contributed by atoms with Gasteiger partial charge in [0.15, 0.2) is 5.69 Å². The summed E-state index contributed by atoms with van der Waals surface area (Å²) >= 11 is 0. The van der Waals surface area contributed by atoms with Gasteiger partial charge >= 0.3 is 0 Å². The molecule has 0 atom stereocenters. The molecule has 4 rings (SSSR count). The molecule has 3 aromatic rings. The molecular formula is C20H19N5O2. The molecule has 0 spiro atoms. The lowest BCUT2D eigenvalue weighted by Gasteiger charge is -2.29. The summed E-state index contributed by atoms with van der Waals surface area (Å²) < 4.78 is 1.53. The van der Waals surface area contributed by atoms with Gasteiger partial charge < -0.3 is 10.2 Å². The number of anilines is 1. The van der Waals surface area contributed by atoms with E-state index in [1.54, 1.807) is 11.1 Å². The van der Waals surface area contributed by atoms with E-state index in [1.807, 2.05) is 54.6 Å². The monoisotopic (exact) mass is 361 g/mol. The Bertz CT molecular complexity index is 967. The molecule has 0 saturated heterocycles. The Labute approximate surface area is 156 Å². The smallest absolute Gasteiger partial charge is 0.273 e. The highest BCUT2D eigenvalue weighted by Gasteiger charge is 2.22. The standard InChI is InChI=1S/C20H19N5O2/c26-19(24-12-6-8-15-7-4-5-11-18(15)24)13-21-20(27)17-14-25(23-22-17)16-9-2-1-3-10-16/h1-5,7,9-11,14H,6,8,12-13H2,(H,21,27). The molecule has 2 aromatic carbocycles. The number of amides is 2. The SMILES string of the molecule is O=C(NCC(=O)N1CCCc2ccccc21)c1cn(-c2ccccc2)nn1. The van der Waals surface area contributed by atoms with Crippen molar-refractivity contribution in [3.8, 4) is 5.69 Å². The third-order valence-corrected chi connectivity index (χ3v) is 4.56. The Hall–Kier alpha value is -3.48. The van der Waals surface area contributed by atoms with E-state index >= 15 is 0 Å². The van der Waals surface area contributed by atoms with Crippen LogP contribution in [0.25, 0.3) is 5.69 Å². The number of rotatable bonds is 4. The van der Waals surface area contributed by atoms with E-state index in [2.05, 4.69) is 15.6 Å². The molecule has 0 bridgehead atoms. The van der Waals surface area contributed by atoms with Gasteiger partial charge in [-0.05, 0) is 36.6 Å². The van der Waals surface area contributed by atoms with E-state index in [1.165, 1.54) is 4.68 Å². The molecule has 1 aromatic heterocycles. The zero-order valence-corrected chi connectivity index (χ0v) is 14.7. The third kappa shape index (κ3) is 3.57. The van der Waals surface area contributed by atoms with Crippen molar-refractivity contribution in [1.29, 1.82) is 0 Å². The van der Waals surface area contributed by atoms with E-state index in [-0.39, 0.29) is 18.1 Å². The number of aromatic nitrogens is 3. The highest BCUT2D eigenvalue weighted by molar-refractivity contribution is 6.00. The Morgan fingerprint density at radius 1 is 1.04 bits per heavy atom. The first-order valence-electron chi connectivity index (χ1n) is 8.86. The lowest BCUT2D eigenvalue weighted by atomic mass is 10.0. The van der Waals surface area contributed by atoms with Crippen LogP contribution in [0.1, 0.15) is 22.5 Å². The summed E-state index contributed by atoms with van der Waals surface area (Å²) in [4.78, 5) is 26.7. The lowest BCUT2D eigenvalue weighted by Crippen LogP contribution is -2.42. The minimum absolute atomic E-state index is 0.0780. The molecule has 136 valence electrons. The topological polar surface area (TPSA) is 80.1 Å². The number of nitrogens with one attached hydrogen (secondary N) is 1. The second-order valence-corrected chi connectivity index (χ2v) is 6.34. The maximum Gasteiger partial charge on any atom is 0.273 e. The minimum Gasteiger partial charge on any atom is -0.342 e. The lowest BCUT2D eigenvalue weighted by molar-refractivity contribution is -0.117. The number of carbonyl (C=O) groups is 2. The van der Waals surface area contributed by atoms with E-state index < -0.39 is 5.91 Å². The van der Waals surface area contributed by atoms with Crippen molar-refractivity contribution in [1.82, 2.24) is 20.3 Å². The van der Waals surface area contributed by atoms with Gasteiger partial charge in [0, 0.05) is 12.2 Å². The maximum atomic E-state index is 12.6. The molecule has 0 saturated carbocycles. The number of aryl methyl sites for hydroxylation is 1. The zero-order chi connectivity index (χ0) is 18.6. The number of fused-ring (bicyclic) bond motifs is 1. The zero-order valence-electron chi connectivity index (χ0n) is 14.7. The molecule has 7 nitrogen and oxygen atoms in total. The summed E-state index contributed by atoms with van der Waals surface area (Å²) in [5.74, 6) is -0.554. The first kappa shape index (κ1) is 17.0. The molecule has 7 heteroatoms. The molecule has 1 N–H and O–H groups in total. The first-order chi connectivity index (χ1) is 13.2. The van der Waals surface area contributed by atoms with Crippen LogP contribution in [0, 0.1) is 0 Å². The van der Waals surface area contributed by atoms with Crippen LogP contribution in [0.15, 0.2) is 60.8 Å². The largest absolute Gasteiger partial charge is 0.342 e. The van der Waals surface area contributed by atoms with Crippen LogP contribution in [0.3, 0.4) is 0 Å². The van der Waals surface area contributed by atoms with E-state index in [4.69, 9.17) is 0 Å². The number of carbonyl (C=O) groups excluding carboxylic acids is 2. The molecule has 1 aliphatic heterocycles. The Kier molecular flexibility index (Phi) is 4.65. The van der Waals surface area contributed by atoms with Crippen LogP contribution in [0.5, 0.6) is 0 Å². The Morgan fingerprint density at radius 3 is 2.67 bits per heavy atom. The fourth-order valence-corrected chi connectivity index (χ4v) is 3.21. The van der Waals surface area contributed by atoms with Gasteiger partial charge in [0.2, 0.25) is 5.91 Å². The molecule has 1 aliphatic rings. The van der Waals surface area contributed by atoms with E-state index in [0.29, 0.717) is 6.54 Å². The average molecular weight is 361 g/mol. The molecule has 0 aliphatic carbocycles. The number of hydrogen-bond donors (Lipinski definition) is 1. The van der Waals surface area contributed by atoms with Crippen molar-refractivity contribution < 1.29 is 9.59 Å². The fourth-order valence-electron chi connectivity index (χ4n) is 3.21. The number of nitrogens with zero attached hydrogens (tertiary/aromatic N) is 4. The molecular weight excluding hydrogens is 342 g/mol. The summed E-state index contributed by atoms with van der Waals surface area (Å²) in [6, 6.07) is 17.3. The highest BCUT2D eigenvalue weighted by Crippen LogP contribution is 2.26. The van der Waals surface area contributed by atoms with Gasteiger partial charge in [0.1, 0.15) is 0 Å². The van der Waals surface area contributed by atoms with Crippen LogP contribution < -0.4 is 10.2 Å². The molecule has 0 fully saturated rings.